The van der Waals surface area contributed by atoms with Crippen LogP contribution in [-0.4, -0.2) is 38.7 Å². The lowest BCUT2D eigenvalue weighted by atomic mass is 10.1. The lowest BCUT2D eigenvalue weighted by Gasteiger charge is -2.22. The molecule has 0 bridgehead atoms. The number of hydrazone groups is 1. The first-order chi connectivity index (χ1) is 7.94. The van der Waals surface area contributed by atoms with Crippen molar-refractivity contribution in [2.45, 2.75) is 38.7 Å². The minimum atomic E-state index is -0.984. The molecule has 0 aliphatic carbocycles. The Kier molecular flexibility index (Phi) is 5.15. The molecule has 0 saturated heterocycles. The molecule has 0 aromatic carbocycles. The van der Waals surface area contributed by atoms with Crippen molar-refractivity contribution in [1.82, 2.24) is 5.01 Å². The van der Waals surface area contributed by atoms with E-state index in [-0.39, 0.29) is 0 Å². The molecule has 17 heavy (non-hydrogen) atoms. The number of ether oxygens (including phenoxy) is 1. The smallest absolute Gasteiger partial charge is 0.135 e. The van der Waals surface area contributed by atoms with Crippen LogP contribution in [0.3, 0.4) is 0 Å². The lowest BCUT2D eigenvalue weighted by molar-refractivity contribution is 0.0291. The second-order valence-electron chi connectivity index (χ2n) is 5.61. The van der Waals surface area contributed by atoms with Gasteiger partial charge in [0.25, 0.3) is 0 Å². The van der Waals surface area contributed by atoms with E-state index in [0.717, 1.165) is 6.61 Å². The van der Waals surface area contributed by atoms with Crippen LogP contribution in [0, 0.1) is 0 Å². The number of hydrogen-bond donors (Lipinski definition) is 0. The topological polar surface area (TPSA) is 24.8 Å². The third kappa shape index (κ3) is 4.87. The van der Waals surface area contributed by atoms with E-state index >= 15 is 0 Å². The van der Waals surface area contributed by atoms with Crippen LogP contribution in [-0.2, 0) is 4.74 Å². The van der Waals surface area contributed by atoms with Crippen LogP contribution >= 0.6 is 0 Å². The molecule has 0 saturated carbocycles. The van der Waals surface area contributed by atoms with Gasteiger partial charge < -0.3 is 4.74 Å². The van der Waals surface area contributed by atoms with E-state index in [1.165, 1.54) is 11.6 Å². The van der Waals surface area contributed by atoms with Crippen LogP contribution in [0.15, 0.2) is 29.4 Å². The molecule has 1 unspecified atom stereocenters. The summed E-state index contributed by atoms with van der Waals surface area (Å²) in [7, 11) is -0.984. The van der Waals surface area contributed by atoms with Crippen molar-refractivity contribution in [3.63, 3.8) is 0 Å². The van der Waals surface area contributed by atoms with Crippen LogP contribution in [0.4, 0.5) is 0 Å². The molecule has 0 fully saturated rings. The number of rotatable bonds is 6. The average molecular weight is 252 g/mol. The zero-order chi connectivity index (χ0) is 12.9. The molecule has 96 valence electrons. The first-order valence-electron chi connectivity index (χ1n) is 6.15. The largest absolute Gasteiger partial charge is 0.360 e. The van der Waals surface area contributed by atoms with Gasteiger partial charge in [-0.25, -0.2) is 0 Å². The molecular weight excluding hydrogens is 228 g/mol. The summed E-state index contributed by atoms with van der Waals surface area (Å²) in [6.07, 6.45) is 5.68. The molecule has 0 spiro atoms. The van der Waals surface area contributed by atoms with E-state index in [4.69, 9.17) is 4.74 Å². The van der Waals surface area contributed by atoms with Gasteiger partial charge in [0, 0.05) is 14.7 Å². The first kappa shape index (κ1) is 14.2. The van der Waals surface area contributed by atoms with Crippen molar-refractivity contribution < 1.29 is 4.74 Å². The van der Waals surface area contributed by atoms with Crippen molar-refractivity contribution in [3.05, 3.63) is 24.3 Å². The van der Waals surface area contributed by atoms with Crippen LogP contribution in [0.2, 0.25) is 25.7 Å². The molecule has 0 amide bonds. The summed E-state index contributed by atoms with van der Waals surface area (Å²) in [5, 5.41) is 6.30. The van der Waals surface area contributed by atoms with Gasteiger partial charge in [0.15, 0.2) is 0 Å². The van der Waals surface area contributed by atoms with Crippen LogP contribution in [0.5, 0.6) is 0 Å². The Morgan fingerprint density at radius 2 is 2.24 bits per heavy atom. The summed E-state index contributed by atoms with van der Waals surface area (Å²) in [4.78, 5) is 0. The fourth-order valence-corrected chi connectivity index (χ4v) is 2.28. The quantitative estimate of drug-likeness (QED) is 0.536. The zero-order valence-electron chi connectivity index (χ0n) is 11.4. The third-order valence-corrected chi connectivity index (χ3v) is 4.52. The van der Waals surface area contributed by atoms with E-state index in [1.54, 1.807) is 6.08 Å². The Morgan fingerprint density at radius 1 is 1.53 bits per heavy atom. The predicted octanol–water partition coefficient (Wildman–Crippen LogP) is 3.10. The zero-order valence-corrected chi connectivity index (χ0v) is 12.4. The molecule has 1 atom stereocenters. The molecule has 0 aromatic heterocycles. The SMILES string of the molecule is C=C/C=C1/C=NN(COCC[Si](C)(C)C)C1C. The summed E-state index contributed by atoms with van der Waals surface area (Å²) in [5.41, 5.74) is 1.19. The van der Waals surface area contributed by atoms with Crippen molar-refractivity contribution in [1.29, 1.82) is 0 Å². The van der Waals surface area contributed by atoms with E-state index in [2.05, 4.69) is 38.2 Å². The van der Waals surface area contributed by atoms with E-state index in [9.17, 15) is 0 Å². The predicted molar refractivity (Wildman–Crippen MR) is 77.0 cm³/mol. The van der Waals surface area contributed by atoms with Gasteiger partial charge in [-0.05, 0) is 18.5 Å². The van der Waals surface area contributed by atoms with Gasteiger partial charge in [0.2, 0.25) is 0 Å². The van der Waals surface area contributed by atoms with Crippen LogP contribution < -0.4 is 0 Å². The highest BCUT2D eigenvalue weighted by atomic mass is 28.3. The van der Waals surface area contributed by atoms with Crippen molar-refractivity contribution in [2.24, 2.45) is 5.10 Å². The number of nitrogens with zero attached hydrogens (tertiary/aromatic N) is 2. The average Bonchev–Trinajstić information content (AvgIpc) is 2.55. The Hall–Kier alpha value is -0.873. The minimum absolute atomic E-state index is 0.292. The molecule has 3 nitrogen and oxygen atoms in total. The van der Waals surface area contributed by atoms with Gasteiger partial charge in [0.1, 0.15) is 6.73 Å². The van der Waals surface area contributed by atoms with Gasteiger partial charge in [-0.15, -0.1) is 0 Å². The van der Waals surface area contributed by atoms with Gasteiger partial charge in [0.05, 0.1) is 12.3 Å². The van der Waals surface area contributed by atoms with Crippen molar-refractivity contribution in [2.75, 3.05) is 13.3 Å². The standard InChI is InChI=1S/C13H24N2OSi/c1-6-7-13-10-14-15(12(13)2)11-16-8-9-17(3,4)5/h6-7,10,12H,1,8-9,11H2,2-5H3/b13-7-. The summed E-state index contributed by atoms with van der Waals surface area (Å²) >= 11 is 0. The van der Waals surface area contributed by atoms with E-state index in [1.807, 2.05) is 17.3 Å². The van der Waals surface area contributed by atoms with Gasteiger partial charge in [-0.2, -0.15) is 5.10 Å². The second kappa shape index (κ2) is 6.17. The Labute approximate surface area is 106 Å². The highest BCUT2D eigenvalue weighted by molar-refractivity contribution is 6.76. The highest BCUT2D eigenvalue weighted by Gasteiger charge is 2.20. The van der Waals surface area contributed by atoms with Gasteiger partial charge in [-0.3, -0.25) is 5.01 Å². The van der Waals surface area contributed by atoms with Gasteiger partial charge >= 0.3 is 0 Å². The Balaban J connectivity index is 2.28. The fraction of sp³-hybridized carbons (Fsp3) is 0.615. The molecule has 0 radical (unpaired) electrons. The molecule has 4 heteroatoms. The molecule has 1 aliphatic heterocycles. The third-order valence-electron chi connectivity index (χ3n) is 2.81. The normalized spacial score (nSPS) is 22.5. The van der Waals surface area contributed by atoms with Crippen molar-refractivity contribution in [3.8, 4) is 0 Å². The maximum atomic E-state index is 5.68. The second-order valence-corrected chi connectivity index (χ2v) is 11.2. The summed E-state index contributed by atoms with van der Waals surface area (Å²) in [6.45, 7) is 14.3. The number of hydrogen-bond acceptors (Lipinski definition) is 3. The molecule has 1 aliphatic rings. The monoisotopic (exact) mass is 252 g/mol. The maximum absolute atomic E-state index is 5.68. The van der Waals surface area contributed by atoms with Gasteiger partial charge in [-0.1, -0.05) is 38.4 Å². The highest BCUT2D eigenvalue weighted by Crippen LogP contribution is 2.16. The van der Waals surface area contributed by atoms with Crippen LogP contribution in [0.1, 0.15) is 6.92 Å². The molecule has 1 rings (SSSR count). The Bertz CT molecular complexity index is 318. The molecule has 0 aromatic rings. The first-order valence-corrected chi connectivity index (χ1v) is 9.86. The van der Waals surface area contributed by atoms with Crippen molar-refractivity contribution >= 4 is 14.3 Å². The summed E-state index contributed by atoms with van der Waals surface area (Å²) < 4.78 is 5.68. The molecule has 1 heterocycles. The van der Waals surface area contributed by atoms with E-state index < -0.39 is 8.07 Å². The Morgan fingerprint density at radius 3 is 2.82 bits per heavy atom. The maximum Gasteiger partial charge on any atom is 0.135 e. The lowest BCUT2D eigenvalue weighted by Crippen LogP contribution is -2.29. The summed E-state index contributed by atoms with van der Waals surface area (Å²) in [6, 6.07) is 1.49. The van der Waals surface area contributed by atoms with Crippen LogP contribution in [0.25, 0.3) is 0 Å². The fourth-order valence-electron chi connectivity index (χ4n) is 1.52. The summed E-state index contributed by atoms with van der Waals surface area (Å²) in [5.74, 6) is 0. The number of allylic oxidation sites excluding steroid dienone is 2. The molecule has 0 N–H and O–H groups in total. The molecular formula is C13H24N2OSi. The minimum Gasteiger partial charge on any atom is -0.360 e. The van der Waals surface area contributed by atoms with E-state index in [0.29, 0.717) is 12.8 Å².